The van der Waals surface area contributed by atoms with Crippen molar-refractivity contribution >= 4 is 21.7 Å². The molecule has 1 rings (SSSR count). The third-order valence-electron chi connectivity index (χ3n) is 2.77. The standard InChI is InChI=1S/C13H16N2O4S/c1-15(12-6-3-5-11(9-12)10-14)20(17,18)8-4-7-13(16)19-2/h3,5-6,9H,4,7-8H2,1-2H3. The summed E-state index contributed by atoms with van der Waals surface area (Å²) in [7, 11) is -0.845. The van der Waals surface area contributed by atoms with Gasteiger partial charge in [0, 0.05) is 13.5 Å². The Hall–Kier alpha value is -2.07. The Kier molecular flexibility index (Phi) is 5.53. The maximum atomic E-state index is 12.1. The highest BCUT2D eigenvalue weighted by atomic mass is 32.2. The highest BCUT2D eigenvalue weighted by Crippen LogP contribution is 2.18. The number of sulfonamides is 1. The van der Waals surface area contributed by atoms with Gasteiger partial charge in [0.05, 0.1) is 30.2 Å². The molecule has 0 saturated carbocycles. The van der Waals surface area contributed by atoms with Crippen molar-refractivity contribution in [1.29, 1.82) is 5.26 Å². The number of esters is 1. The zero-order valence-corrected chi connectivity index (χ0v) is 12.2. The molecule has 1 aromatic carbocycles. The zero-order valence-electron chi connectivity index (χ0n) is 11.4. The van der Waals surface area contributed by atoms with Gasteiger partial charge in [-0.25, -0.2) is 8.42 Å². The first-order valence-electron chi connectivity index (χ1n) is 5.94. The van der Waals surface area contributed by atoms with E-state index in [2.05, 4.69) is 4.74 Å². The van der Waals surface area contributed by atoms with Crippen LogP contribution in [0.15, 0.2) is 24.3 Å². The minimum absolute atomic E-state index is 0.0573. The smallest absolute Gasteiger partial charge is 0.305 e. The molecule has 0 aliphatic carbocycles. The molecule has 0 amide bonds. The topological polar surface area (TPSA) is 87.5 Å². The van der Waals surface area contributed by atoms with Crippen LogP contribution in [0.2, 0.25) is 0 Å². The summed E-state index contributed by atoms with van der Waals surface area (Å²) in [5, 5.41) is 8.81. The Morgan fingerprint density at radius 1 is 1.45 bits per heavy atom. The molecule has 0 radical (unpaired) electrons. The number of carbonyl (C=O) groups is 1. The lowest BCUT2D eigenvalue weighted by Gasteiger charge is -2.19. The molecule has 0 unspecified atom stereocenters. The van der Waals surface area contributed by atoms with Gasteiger partial charge in [-0.1, -0.05) is 6.07 Å². The van der Waals surface area contributed by atoms with Crippen LogP contribution >= 0.6 is 0 Å². The predicted molar refractivity (Wildman–Crippen MR) is 74.6 cm³/mol. The number of anilines is 1. The average molecular weight is 296 g/mol. The normalized spacial score (nSPS) is 10.7. The molecule has 6 nitrogen and oxygen atoms in total. The van der Waals surface area contributed by atoms with Crippen LogP contribution in [0.5, 0.6) is 0 Å². The number of carbonyl (C=O) groups excluding carboxylic acids is 1. The molecule has 108 valence electrons. The lowest BCUT2D eigenvalue weighted by molar-refractivity contribution is -0.140. The van der Waals surface area contributed by atoms with E-state index in [-0.39, 0.29) is 18.6 Å². The quantitative estimate of drug-likeness (QED) is 0.738. The van der Waals surface area contributed by atoms with Gasteiger partial charge < -0.3 is 4.74 Å². The number of hydrogen-bond acceptors (Lipinski definition) is 5. The second-order valence-corrected chi connectivity index (χ2v) is 6.25. The first-order chi connectivity index (χ1) is 9.40. The molecular weight excluding hydrogens is 280 g/mol. The minimum Gasteiger partial charge on any atom is -0.469 e. The van der Waals surface area contributed by atoms with Crippen molar-refractivity contribution in [3.05, 3.63) is 29.8 Å². The first-order valence-corrected chi connectivity index (χ1v) is 7.55. The molecule has 0 N–H and O–H groups in total. The van der Waals surface area contributed by atoms with Crippen molar-refractivity contribution in [2.24, 2.45) is 0 Å². The summed E-state index contributed by atoms with van der Waals surface area (Å²) < 4.78 is 29.8. The number of rotatable bonds is 6. The molecular formula is C13H16N2O4S. The Bertz CT molecular complexity index is 620. The molecule has 7 heteroatoms. The third kappa shape index (κ3) is 4.24. The van der Waals surface area contributed by atoms with Gasteiger partial charge in [0.2, 0.25) is 10.0 Å². The third-order valence-corrected chi connectivity index (χ3v) is 4.62. The van der Waals surface area contributed by atoms with Crippen molar-refractivity contribution in [2.75, 3.05) is 24.2 Å². The average Bonchev–Trinajstić information content (AvgIpc) is 2.46. The zero-order chi connectivity index (χ0) is 15.2. The highest BCUT2D eigenvalue weighted by Gasteiger charge is 2.19. The second-order valence-electron chi connectivity index (χ2n) is 4.13. The summed E-state index contributed by atoms with van der Waals surface area (Å²) >= 11 is 0. The van der Waals surface area contributed by atoms with Gasteiger partial charge in [-0.2, -0.15) is 5.26 Å². The maximum absolute atomic E-state index is 12.1. The molecule has 0 heterocycles. The van der Waals surface area contributed by atoms with Gasteiger partial charge in [0.1, 0.15) is 0 Å². The molecule has 0 aromatic heterocycles. The number of hydrogen-bond donors (Lipinski definition) is 0. The van der Waals surface area contributed by atoms with E-state index >= 15 is 0 Å². The van der Waals surface area contributed by atoms with E-state index in [1.165, 1.54) is 20.2 Å². The van der Waals surface area contributed by atoms with Gasteiger partial charge in [-0.15, -0.1) is 0 Å². The lowest BCUT2D eigenvalue weighted by atomic mass is 10.2. The monoisotopic (exact) mass is 296 g/mol. The summed E-state index contributed by atoms with van der Waals surface area (Å²) in [6.07, 6.45) is 0.249. The van der Waals surface area contributed by atoms with Crippen LogP contribution in [0, 0.1) is 11.3 Å². The number of methoxy groups -OCH3 is 1. The molecule has 0 aliphatic rings. The summed E-state index contributed by atoms with van der Waals surface area (Å²) in [6, 6.07) is 8.28. The van der Waals surface area contributed by atoms with Crippen LogP contribution in [-0.4, -0.2) is 34.3 Å². The van der Waals surface area contributed by atoms with Crippen molar-refractivity contribution in [1.82, 2.24) is 0 Å². The van der Waals surface area contributed by atoms with Gasteiger partial charge in [0.25, 0.3) is 0 Å². The van der Waals surface area contributed by atoms with Crippen LogP contribution in [0.25, 0.3) is 0 Å². The van der Waals surface area contributed by atoms with Crippen LogP contribution in [0.3, 0.4) is 0 Å². The number of nitrogens with zero attached hydrogens (tertiary/aromatic N) is 2. The van der Waals surface area contributed by atoms with Crippen molar-refractivity contribution in [2.45, 2.75) is 12.8 Å². The van der Waals surface area contributed by atoms with Crippen molar-refractivity contribution in [3.8, 4) is 6.07 Å². The summed E-state index contributed by atoms with van der Waals surface area (Å²) in [5.41, 5.74) is 0.807. The Labute approximate surface area is 118 Å². The van der Waals surface area contributed by atoms with E-state index < -0.39 is 16.0 Å². The molecule has 1 aromatic rings. The summed E-state index contributed by atoms with van der Waals surface area (Å²) in [4.78, 5) is 11.0. The molecule has 0 saturated heterocycles. The molecule has 0 atom stereocenters. The van der Waals surface area contributed by atoms with Crippen LogP contribution < -0.4 is 4.31 Å². The van der Waals surface area contributed by atoms with E-state index in [0.717, 1.165) is 4.31 Å². The summed E-state index contributed by atoms with van der Waals surface area (Å²) in [5.74, 6) is -0.593. The predicted octanol–water partition coefficient (Wildman–Crippen LogP) is 1.28. The Morgan fingerprint density at radius 2 is 2.15 bits per heavy atom. The van der Waals surface area contributed by atoms with E-state index in [0.29, 0.717) is 11.3 Å². The minimum atomic E-state index is -3.53. The molecule has 0 bridgehead atoms. The molecule has 0 aliphatic heterocycles. The van der Waals surface area contributed by atoms with Crippen LogP contribution in [0.4, 0.5) is 5.69 Å². The van der Waals surface area contributed by atoms with E-state index in [9.17, 15) is 13.2 Å². The van der Waals surface area contributed by atoms with Crippen LogP contribution in [0.1, 0.15) is 18.4 Å². The van der Waals surface area contributed by atoms with Crippen molar-refractivity contribution in [3.63, 3.8) is 0 Å². The Balaban J connectivity index is 2.76. The van der Waals surface area contributed by atoms with Gasteiger partial charge in [-0.3, -0.25) is 9.10 Å². The van der Waals surface area contributed by atoms with Gasteiger partial charge in [0.15, 0.2) is 0 Å². The number of benzene rings is 1. The largest absolute Gasteiger partial charge is 0.469 e. The van der Waals surface area contributed by atoms with Gasteiger partial charge >= 0.3 is 5.97 Å². The maximum Gasteiger partial charge on any atom is 0.305 e. The fourth-order valence-electron chi connectivity index (χ4n) is 1.57. The van der Waals surface area contributed by atoms with E-state index in [1.807, 2.05) is 6.07 Å². The second kappa shape index (κ2) is 6.91. The van der Waals surface area contributed by atoms with Crippen molar-refractivity contribution < 1.29 is 17.9 Å². The lowest BCUT2D eigenvalue weighted by Crippen LogP contribution is -2.29. The SMILES string of the molecule is COC(=O)CCCS(=O)(=O)N(C)c1cccc(C#N)c1. The summed E-state index contributed by atoms with van der Waals surface area (Å²) in [6.45, 7) is 0. The van der Waals surface area contributed by atoms with E-state index in [1.54, 1.807) is 18.2 Å². The van der Waals surface area contributed by atoms with E-state index in [4.69, 9.17) is 5.26 Å². The fraction of sp³-hybridized carbons (Fsp3) is 0.385. The molecule has 20 heavy (non-hydrogen) atoms. The fourth-order valence-corrected chi connectivity index (χ4v) is 2.79. The molecule has 0 spiro atoms. The van der Waals surface area contributed by atoms with Gasteiger partial charge in [-0.05, 0) is 24.6 Å². The number of nitriles is 1. The highest BCUT2D eigenvalue weighted by molar-refractivity contribution is 7.92. The Morgan fingerprint density at radius 3 is 2.75 bits per heavy atom. The molecule has 0 fully saturated rings. The van der Waals surface area contributed by atoms with Crippen LogP contribution in [-0.2, 0) is 19.6 Å². The first kappa shape index (κ1) is 16.0. The number of ether oxygens (including phenoxy) is 1.